The van der Waals surface area contributed by atoms with Crippen LogP contribution in [0.1, 0.15) is 0 Å². The van der Waals surface area contributed by atoms with Crippen LogP contribution in [0.15, 0.2) is 24.3 Å². The Hall–Kier alpha value is -2.22. The summed E-state index contributed by atoms with van der Waals surface area (Å²) in [5.41, 5.74) is 11.4. The Morgan fingerprint density at radius 1 is 1.41 bits per heavy atom. The van der Waals surface area contributed by atoms with E-state index in [1.807, 2.05) is 24.3 Å². The molecule has 17 heavy (non-hydrogen) atoms. The number of hydrogen-bond donors (Lipinski definition) is 3. The molecule has 0 aliphatic rings. The van der Waals surface area contributed by atoms with E-state index in [2.05, 4.69) is 33.4 Å². The van der Waals surface area contributed by atoms with Gasteiger partial charge in [-0.25, -0.2) is 4.68 Å². The van der Waals surface area contributed by atoms with Crippen molar-refractivity contribution in [3.8, 4) is 0 Å². The average Bonchev–Trinajstić information content (AvgIpc) is 2.70. The summed E-state index contributed by atoms with van der Waals surface area (Å²) in [6.45, 7) is 0.0378. The van der Waals surface area contributed by atoms with E-state index >= 15 is 0 Å². The number of amides is 1. The molecule has 0 saturated heterocycles. The van der Waals surface area contributed by atoms with Crippen LogP contribution in [-0.4, -0.2) is 26.0 Å². The molecule has 0 unspecified atom stereocenters. The van der Waals surface area contributed by atoms with Gasteiger partial charge in [0.05, 0.1) is 5.52 Å². The van der Waals surface area contributed by atoms with Gasteiger partial charge >= 0.3 is 0 Å². The third-order valence-electron chi connectivity index (χ3n) is 2.04. The number of nitrogens with one attached hydrogen (secondary N) is 2. The summed E-state index contributed by atoms with van der Waals surface area (Å²) in [6, 6.07) is 7.37. The van der Waals surface area contributed by atoms with Crippen LogP contribution in [0.2, 0.25) is 0 Å². The first-order valence-electron chi connectivity index (χ1n) is 4.79. The third kappa shape index (κ3) is 2.67. The molecule has 0 fully saturated rings. The number of fused-ring (bicyclic) bond motifs is 1. The number of thiocarbonyl (C=S) groups is 1. The Morgan fingerprint density at radius 2 is 2.18 bits per heavy atom. The van der Waals surface area contributed by atoms with Crippen LogP contribution in [-0.2, 0) is 11.3 Å². The predicted octanol–water partition coefficient (Wildman–Crippen LogP) is -0.704. The number of nitrogens with zero attached hydrogens (tertiary/aromatic N) is 3. The van der Waals surface area contributed by atoms with Crippen molar-refractivity contribution in [3.63, 3.8) is 0 Å². The molecule has 7 nitrogen and oxygen atoms in total. The molecule has 2 aromatic rings. The van der Waals surface area contributed by atoms with Gasteiger partial charge in [0, 0.05) is 0 Å². The molecule has 1 aromatic carbocycles. The predicted molar refractivity (Wildman–Crippen MR) is 65.6 cm³/mol. The van der Waals surface area contributed by atoms with Gasteiger partial charge < -0.3 is 5.73 Å². The summed E-state index contributed by atoms with van der Waals surface area (Å²) in [5.74, 6) is -0.312. The largest absolute Gasteiger partial charge is 0.375 e. The molecule has 0 radical (unpaired) electrons. The zero-order valence-corrected chi connectivity index (χ0v) is 9.57. The molecular weight excluding hydrogens is 240 g/mol. The Balaban J connectivity index is 2.08. The van der Waals surface area contributed by atoms with Crippen LogP contribution in [0.3, 0.4) is 0 Å². The van der Waals surface area contributed by atoms with Gasteiger partial charge in [-0.2, -0.15) is 0 Å². The van der Waals surface area contributed by atoms with Crippen LogP contribution in [0.4, 0.5) is 0 Å². The van der Waals surface area contributed by atoms with Crippen LogP contribution in [0, 0.1) is 0 Å². The van der Waals surface area contributed by atoms with Crippen LogP contribution < -0.4 is 16.6 Å². The topological polar surface area (TPSA) is 97.9 Å². The Labute approximate surface area is 102 Å². The minimum atomic E-state index is -0.312. The average molecular weight is 250 g/mol. The van der Waals surface area contributed by atoms with Gasteiger partial charge in [-0.05, 0) is 24.4 Å². The molecular formula is C9H10N6OS. The maximum Gasteiger partial charge on any atom is 0.260 e. The highest BCUT2D eigenvalue weighted by atomic mass is 32.1. The summed E-state index contributed by atoms with van der Waals surface area (Å²) in [5, 5.41) is 7.81. The second kappa shape index (κ2) is 4.74. The second-order valence-electron chi connectivity index (χ2n) is 3.27. The lowest BCUT2D eigenvalue weighted by molar-refractivity contribution is -0.122. The molecule has 0 aliphatic carbocycles. The number of aromatic nitrogens is 3. The van der Waals surface area contributed by atoms with Crippen molar-refractivity contribution < 1.29 is 4.79 Å². The third-order valence-corrected chi connectivity index (χ3v) is 2.14. The lowest BCUT2D eigenvalue weighted by Crippen LogP contribution is -2.45. The first kappa shape index (κ1) is 11.3. The molecule has 0 bridgehead atoms. The van der Waals surface area contributed by atoms with Crippen LogP contribution in [0.5, 0.6) is 0 Å². The number of carbonyl (C=O) groups is 1. The van der Waals surface area contributed by atoms with Crippen molar-refractivity contribution in [3.05, 3.63) is 24.3 Å². The Kier molecular flexibility index (Phi) is 3.15. The minimum Gasteiger partial charge on any atom is -0.375 e. The lowest BCUT2D eigenvalue weighted by Gasteiger charge is -2.06. The summed E-state index contributed by atoms with van der Waals surface area (Å²) >= 11 is 4.56. The van der Waals surface area contributed by atoms with Gasteiger partial charge in [0.25, 0.3) is 5.91 Å². The van der Waals surface area contributed by atoms with Crippen molar-refractivity contribution >= 4 is 34.3 Å². The van der Waals surface area contributed by atoms with E-state index < -0.39 is 0 Å². The monoisotopic (exact) mass is 250 g/mol. The van der Waals surface area contributed by atoms with Gasteiger partial charge in [0.15, 0.2) is 5.11 Å². The summed E-state index contributed by atoms with van der Waals surface area (Å²) in [4.78, 5) is 11.5. The maximum absolute atomic E-state index is 11.5. The molecule has 4 N–H and O–H groups in total. The van der Waals surface area contributed by atoms with E-state index in [1.165, 1.54) is 4.68 Å². The fraction of sp³-hybridized carbons (Fsp3) is 0.111. The van der Waals surface area contributed by atoms with Gasteiger partial charge in [0.1, 0.15) is 12.1 Å². The number of rotatable bonds is 2. The van der Waals surface area contributed by atoms with Crippen molar-refractivity contribution in [1.29, 1.82) is 0 Å². The number of hydrazine groups is 1. The summed E-state index contributed by atoms with van der Waals surface area (Å²) in [6.07, 6.45) is 0. The lowest BCUT2D eigenvalue weighted by atomic mass is 10.3. The van der Waals surface area contributed by atoms with Crippen molar-refractivity contribution in [2.24, 2.45) is 5.73 Å². The molecule has 1 aromatic heterocycles. The van der Waals surface area contributed by atoms with Crippen LogP contribution in [0.25, 0.3) is 11.0 Å². The smallest absolute Gasteiger partial charge is 0.260 e. The van der Waals surface area contributed by atoms with E-state index in [0.717, 1.165) is 11.0 Å². The van der Waals surface area contributed by atoms with E-state index in [0.29, 0.717) is 0 Å². The van der Waals surface area contributed by atoms with E-state index in [9.17, 15) is 4.79 Å². The fourth-order valence-electron chi connectivity index (χ4n) is 1.34. The Morgan fingerprint density at radius 3 is 2.94 bits per heavy atom. The molecule has 0 saturated carbocycles. The standard InChI is InChI=1S/C9H10N6OS/c10-9(17)13-12-8(16)5-15-7-4-2-1-3-6(7)11-14-15/h1-4H,5H2,(H,12,16)(H3,10,13,17). The molecule has 88 valence electrons. The number of nitrogens with two attached hydrogens (primary N) is 1. The molecule has 0 aliphatic heterocycles. The Bertz CT molecular complexity index is 565. The van der Waals surface area contributed by atoms with Crippen LogP contribution >= 0.6 is 12.2 Å². The van der Waals surface area contributed by atoms with Gasteiger partial charge in [-0.1, -0.05) is 17.3 Å². The van der Waals surface area contributed by atoms with Gasteiger partial charge in [-0.15, -0.1) is 5.10 Å². The van der Waals surface area contributed by atoms with Crippen molar-refractivity contribution in [1.82, 2.24) is 25.8 Å². The minimum absolute atomic E-state index is 0.00167. The summed E-state index contributed by atoms with van der Waals surface area (Å²) < 4.78 is 1.49. The second-order valence-corrected chi connectivity index (χ2v) is 3.71. The van der Waals surface area contributed by atoms with Gasteiger partial charge in [0.2, 0.25) is 0 Å². The van der Waals surface area contributed by atoms with E-state index in [1.54, 1.807) is 0 Å². The molecule has 1 amide bonds. The highest BCUT2D eigenvalue weighted by Crippen LogP contribution is 2.08. The molecule has 8 heteroatoms. The SMILES string of the molecule is NC(=S)NNC(=O)Cn1nnc2ccccc21. The fourth-order valence-corrected chi connectivity index (χ4v) is 1.39. The number of benzene rings is 1. The van der Waals surface area contributed by atoms with Crippen molar-refractivity contribution in [2.75, 3.05) is 0 Å². The normalized spacial score (nSPS) is 10.1. The first-order valence-corrected chi connectivity index (χ1v) is 5.20. The number of para-hydroxylation sites is 1. The van der Waals surface area contributed by atoms with E-state index in [-0.39, 0.29) is 17.6 Å². The highest BCUT2D eigenvalue weighted by molar-refractivity contribution is 7.80. The summed E-state index contributed by atoms with van der Waals surface area (Å²) in [7, 11) is 0. The zero-order valence-electron chi connectivity index (χ0n) is 8.75. The zero-order chi connectivity index (χ0) is 12.3. The highest BCUT2D eigenvalue weighted by Gasteiger charge is 2.07. The van der Waals surface area contributed by atoms with E-state index in [4.69, 9.17) is 5.73 Å². The number of carbonyl (C=O) groups excluding carboxylic acids is 1. The van der Waals surface area contributed by atoms with Crippen molar-refractivity contribution in [2.45, 2.75) is 6.54 Å². The number of hydrogen-bond acceptors (Lipinski definition) is 4. The van der Waals surface area contributed by atoms with Gasteiger partial charge in [-0.3, -0.25) is 15.6 Å². The molecule has 1 heterocycles. The first-order chi connectivity index (χ1) is 8.16. The molecule has 0 spiro atoms. The maximum atomic E-state index is 11.5. The molecule has 2 rings (SSSR count). The quantitative estimate of drug-likeness (QED) is 0.481. The molecule has 0 atom stereocenters.